The zero-order valence-electron chi connectivity index (χ0n) is 18.8. The Morgan fingerprint density at radius 3 is 2.34 bits per heavy atom. The number of ether oxygens (including phenoxy) is 3. The van der Waals surface area contributed by atoms with Gasteiger partial charge in [-0.05, 0) is 42.2 Å². The van der Waals surface area contributed by atoms with E-state index in [1.54, 1.807) is 24.3 Å². The number of hydrogen-bond acceptors (Lipinski definition) is 7. The predicted molar refractivity (Wildman–Crippen MR) is 117 cm³/mol. The molecule has 0 atom stereocenters. The first-order valence-corrected chi connectivity index (χ1v) is 10.2. The summed E-state index contributed by atoms with van der Waals surface area (Å²) in [6.07, 6.45) is 0. The number of carbonyl (C=O) groups excluding carboxylic acids is 2. The van der Waals surface area contributed by atoms with Crippen molar-refractivity contribution < 1.29 is 28.5 Å². The molecule has 2 aromatic carbocycles. The maximum atomic E-state index is 12.9. The minimum absolute atomic E-state index is 0.00294. The molecule has 168 valence electrons. The van der Waals surface area contributed by atoms with Gasteiger partial charge in [-0.3, -0.25) is 0 Å². The summed E-state index contributed by atoms with van der Waals surface area (Å²) < 4.78 is 16.0. The first-order valence-electron chi connectivity index (χ1n) is 10.2. The summed E-state index contributed by atoms with van der Waals surface area (Å²) in [7, 11) is 1.16. The Bertz CT molecular complexity index is 1150. The van der Waals surface area contributed by atoms with Gasteiger partial charge in [0.15, 0.2) is 5.69 Å². The SMILES string of the molecule is CCOc1ccc2nc(COC(=O)c3ccc(C(C)(C)C)cc3)c(C(=O)OC)[n+]([O-])c2c1. The van der Waals surface area contributed by atoms with Crippen LogP contribution < -0.4 is 9.47 Å². The first kappa shape index (κ1) is 23.0. The van der Waals surface area contributed by atoms with Crippen molar-refractivity contribution in [2.24, 2.45) is 0 Å². The van der Waals surface area contributed by atoms with E-state index in [4.69, 9.17) is 14.2 Å². The van der Waals surface area contributed by atoms with Crippen LogP contribution in [0.15, 0.2) is 42.5 Å². The van der Waals surface area contributed by atoms with Gasteiger partial charge in [0.25, 0.3) is 0 Å². The largest absolute Gasteiger partial charge is 0.618 e. The molecule has 8 nitrogen and oxygen atoms in total. The summed E-state index contributed by atoms with van der Waals surface area (Å²) in [6.45, 7) is 8.12. The summed E-state index contributed by atoms with van der Waals surface area (Å²) in [5, 5.41) is 12.9. The fraction of sp³-hybridized carbons (Fsp3) is 0.333. The van der Waals surface area contributed by atoms with Crippen molar-refractivity contribution in [2.45, 2.75) is 39.7 Å². The molecule has 0 bridgehead atoms. The molecule has 0 saturated heterocycles. The lowest BCUT2D eigenvalue weighted by Crippen LogP contribution is -2.38. The van der Waals surface area contributed by atoms with E-state index in [1.165, 1.54) is 6.07 Å². The molecule has 0 aliphatic heterocycles. The van der Waals surface area contributed by atoms with Crippen LogP contribution in [0.25, 0.3) is 11.0 Å². The summed E-state index contributed by atoms with van der Waals surface area (Å²) >= 11 is 0. The number of esters is 2. The van der Waals surface area contributed by atoms with E-state index in [9.17, 15) is 14.8 Å². The second-order valence-corrected chi connectivity index (χ2v) is 8.18. The molecule has 8 heteroatoms. The Morgan fingerprint density at radius 1 is 1.06 bits per heavy atom. The molecule has 0 N–H and O–H groups in total. The van der Waals surface area contributed by atoms with Crippen molar-refractivity contribution in [1.82, 2.24) is 4.98 Å². The highest BCUT2D eigenvalue weighted by Gasteiger charge is 2.28. The molecule has 0 fully saturated rings. The number of carbonyl (C=O) groups is 2. The normalized spacial score (nSPS) is 11.3. The molecule has 1 heterocycles. The summed E-state index contributed by atoms with van der Waals surface area (Å²) in [5.41, 5.74) is 1.52. The molecule has 3 rings (SSSR count). The molecule has 0 aliphatic rings. The number of rotatable bonds is 6. The third-order valence-corrected chi connectivity index (χ3v) is 4.91. The first-order chi connectivity index (χ1) is 15.2. The van der Waals surface area contributed by atoms with Gasteiger partial charge in [0, 0.05) is 0 Å². The molecule has 0 aliphatic carbocycles. The van der Waals surface area contributed by atoms with E-state index in [0.29, 0.717) is 28.2 Å². The summed E-state index contributed by atoms with van der Waals surface area (Å²) in [4.78, 5) is 29.2. The Labute approximate surface area is 186 Å². The smallest absolute Gasteiger partial charge is 0.406 e. The minimum atomic E-state index is -0.878. The Hall–Kier alpha value is -3.68. The van der Waals surface area contributed by atoms with Crippen molar-refractivity contribution in [2.75, 3.05) is 13.7 Å². The zero-order valence-corrected chi connectivity index (χ0v) is 18.8. The number of nitrogens with zero attached hydrogens (tertiary/aromatic N) is 2. The second kappa shape index (κ2) is 9.21. The van der Waals surface area contributed by atoms with Crippen LogP contribution in [-0.4, -0.2) is 30.6 Å². The van der Waals surface area contributed by atoms with Gasteiger partial charge in [-0.15, -0.1) is 0 Å². The fourth-order valence-corrected chi connectivity index (χ4v) is 3.17. The average Bonchev–Trinajstić information content (AvgIpc) is 2.77. The van der Waals surface area contributed by atoms with Gasteiger partial charge in [0.2, 0.25) is 5.52 Å². The third kappa shape index (κ3) is 4.80. The average molecular weight is 438 g/mol. The zero-order chi connectivity index (χ0) is 23.5. The van der Waals surface area contributed by atoms with Crippen LogP contribution in [0.1, 0.15) is 59.8 Å². The quantitative estimate of drug-likeness (QED) is 0.328. The van der Waals surface area contributed by atoms with Gasteiger partial charge in [-0.25, -0.2) is 14.6 Å². The van der Waals surface area contributed by atoms with Crippen LogP contribution in [0, 0.1) is 5.21 Å². The molecule has 0 saturated carbocycles. The van der Waals surface area contributed by atoms with Gasteiger partial charge < -0.3 is 19.4 Å². The lowest BCUT2D eigenvalue weighted by Gasteiger charge is -2.18. The summed E-state index contributed by atoms with van der Waals surface area (Å²) in [5.74, 6) is -0.996. The standard InChI is InChI=1S/C24H26N2O6/c1-6-31-17-11-12-18-20(13-17)26(29)21(23(28)30-5)19(25-18)14-32-22(27)15-7-9-16(10-8-15)24(2,3)4/h7-13H,6,14H2,1-5H3. The van der Waals surface area contributed by atoms with Crippen molar-refractivity contribution in [3.63, 3.8) is 0 Å². The molecule has 1 aromatic heterocycles. The molecule has 3 aromatic rings. The molecular weight excluding hydrogens is 412 g/mol. The van der Waals surface area contributed by atoms with E-state index in [1.807, 2.05) is 19.1 Å². The van der Waals surface area contributed by atoms with Crippen LogP contribution in [0.4, 0.5) is 0 Å². The Balaban J connectivity index is 1.91. The molecular formula is C24H26N2O6. The van der Waals surface area contributed by atoms with Crippen LogP contribution in [0.2, 0.25) is 0 Å². The molecule has 0 unspecified atom stereocenters. The second-order valence-electron chi connectivity index (χ2n) is 8.18. The van der Waals surface area contributed by atoms with Gasteiger partial charge >= 0.3 is 17.6 Å². The highest BCUT2D eigenvalue weighted by molar-refractivity contribution is 5.90. The van der Waals surface area contributed by atoms with E-state index in [0.717, 1.165) is 12.7 Å². The van der Waals surface area contributed by atoms with Gasteiger partial charge in [-0.1, -0.05) is 32.9 Å². The van der Waals surface area contributed by atoms with E-state index >= 15 is 0 Å². The number of hydrogen-bond donors (Lipinski definition) is 0. The molecule has 0 amide bonds. The van der Waals surface area contributed by atoms with Crippen molar-refractivity contribution in [1.29, 1.82) is 0 Å². The van der Waals surface area contributed by atoms with Crippen LogP contribution in [-0.2, 0) is 21.5 Å². The van der Waals surface area contributed by atoms with E-state index in [-0.39, 0.29) is 28.9 Å². The number of benzene rings is 2. The van der Waals surface area contributed by atoms with E-state index < -0.39 is 11.9 Å². The summed E-state index contributed by atoms with van der Waals surface area (Å²) in [6, 6.07) is 11.9. The van der Waals surface area contributed by atoms with Crippen LogP contribution in [0.5, 0.6) is 5.75 Å². The Kier molecular flexibility index (Phi) is 6.62. The molecule has 0 radical (unpaired) electrons. The van der Waals surface area contributed by atoms with Crippen LogP contribution in [0.3, 0.4) is 0 Å². The van der Waals surface area contributed by atoms with Gasteiger partial charge in [0.05, 0.1) is 25.3 Å². The van der Waals surface area contributed by atoms with Gasteiger partial charge in [-0.2, -0.15) is 4.73 Å². The van der Waals surface area contributed by atoms with Crippen molar-refractivity contribution in [3.8, 4) is 5.75 Å². The number of methoxy groups -OCH3 is 1. The lowest BCUT2D eigenvalue weighted by atomic mass is 9.87. The highest BCUT2D eigenvalue weighted by atomic mass is 16.5. The number of fused-ring (bicyclic) bond motifs is 1. The maximum Gasteiger partial charge on any atom is 0.406 e. The minimum Gasteiger partial charge on any atom is -0.618 e. The molecule has 0 spiro atoms. The van der Waals surface area contributed by atoms with Crippen molar-refractivity contribution in [3.05, 3.63) is 70.2 Å². The topological polar surface area (TPSA) is 102 Å². The predicted octanol–water partition coefficient (Wildman–Crippen LogP) is 3.71. The fourth-order valence-electron chi connectivity index (χ4n) is 3.17. The monoisotopic (exact) mass is 438 g/mol. The van der Waals surface area contributed by atoms with Crippen molar-refractivity contribution >= 4 is 23.0 Å². The van der Waals surface area contributed by atoms with Gasteiger partial charge in [0.1, 0.15) is 17.9 Å². The molecule has 32 heavy (non-hydrogen) atoms. The van der Waals surface area contributed by atoms with Crippen LogP contribution >= 0.6 is 0 Å². The maximum absolute atomic E-state index is 12.9. The highest BCUT2D eigenvalue weighted by Crippen LogP contribution is 2.23. The van der Waals surface area contributed by atoms with E-state index in [2.05, 4.69) is 25.8 Å². The lowest BCUT2D eigenvalue weighted by molar-refractivity contribution is -0.581. The third-order valence-electron chi connectivity index (χ3n) is 4.91. The Morgan fingerprint density at radius 2 is 1.75 bits per heavy atom. The number of aromatic nitrogens is 2.